The highest BCUT2D eigenvalue weighted by molar-refractivity contribution is 7.98. The monoisotopic (exact) mass is 372 g/mol. The van der Waals surface area contributed by atoms with Gasteiger partial charge in [0.2, 0.25) is 0 Å². The van der Waals surface area contributed by atoms with E-state index in [1.54, 1.807) is 23.1 Å². The Morgan fingerprint density at radius 3 is 2.64 bits per heavy atom. The maximum absolute atomic E-state index is 12.5. The molecule has 3 aromatic heterocycles. The van der Waals surface area contributed by atoms with Crippen molar-refractivity contribution in [1.29, 1.82) is 0 Å². The Kier molecular flexibility index (Phi) is 4.14. The number of aryl methyl sites for hydroxylation is 2. The van der Waals surface area contributed by atoms with Crippen LogP contribution < -0.4 is 5.56 Å². The van der Waals surface area contributed by atoms with E-state index in [2.05, 4.69) is 20.2 Å². The van der Waals surface area contributed by atoms with Gasteiger partial charge in [0.1, 0.15) is 5.15 Å². The molecular weight excluding hydrogens is 360 g/mol. The van der Waals surface area contributed by atoms with Crippen LogP contribution in [-0.4, -0.2) is 35.8 Å². The normalized spacial score (nSPS) is 11.4. The van der Waals surface area contributed by atoms with Crippen LogP contribution in [0.2, 0.25) is 5.15 Å². The maximum Gasteiger partial charge on any atom is 0.274 e. The zero-order chi connectivity index (χ0) is 17.4. The van der Waals surface area contributed by atoms with Crippen molar-refractivity contribution in [3.63, 3.8) is 0 Å². The second-order valence-electron chi connectivity index (χ2n) is 5.37. The van der Waals surface area contributed by atoms with Gasteiger partial charge in [0.15, 0.2) is 10.8 Å². The van der Waals surface area contributed by atoms with Crippen molar-refractivity contribution in [2.45, 2.75) is 18.2 Å². The van der Waals surface area contributed by atoms with Gasteiger partial charge in [-0.25, -0.2) is 19.3 Å². The largest absolute Gasteiger partial charge is 0.274 e. The molecule has 0 unspecified atom stereocenters. The lowest BCUT2D eigenvalue weighted by molar-refractivity contribution is 0.492. The van der Waals surface area contributed by atoms with Crippen molar-refractivity contribution in [1.82, 2.24) is 29.5 Å². The van der Waals surface area contributed by atoms with Gasteiger partial charge in [-0.3, -0.25) is 4.79 Å². The molecule has 0 saturated carbocycles. The molecule has 0 radical (unpaired) electrons. The molecule has 126 valence electrons. The van der Waals surface area contributed by atoms with Gasteiger partial charge in [0.05, 0.1) is 36.3 Å². The zero-order valence-corrected chi connectivity index (χ0v) is 14.8. The number of aromatic nitrogens is 6. The van der Waals surface area contributed by atoms with Crippen molar-refractivity contribution >= 4 is 45.2 Å². The number of rotatable bonds is 4. The minimum atomic E-state index is -0.118. The Morgan fingerprint density at radius 1 is 1.04 bits per heavy atom. The van der Waals surface area contributed by atoms with Crippen LogP contribution in [0.4, 0.5) is 0 Å². The lowest BCUT2D eigenvalue weighted by Crippen LogP contribution is -2.25. The highest BCUT2D eigenvalue weighted by Gasteiger charge is 2.12. The quantitative estimate of drug-likeness (QED) is 0.311. The molecule has 25 heavy (non-hydrogen) atoms. The number of hydrogen-bond donors (Lipinski definition) is 0. The number of hydrogen-bond acceptors (Lipinski definition) is 6. The first kappa shape index (κ1) is 16.0. The van der Waals surface area contributed by atoms with Crippen LogP contribution in [0.25, 0.3) is 21.8 Å². The van der Waals surface area contributed by atoms with E-state index in [1.807, 2.05) is 24.5 Å². The summed E-state index contributed by atoms with van der Waals surface area (Å²) in [5, 5.41) is 11.7. The SMILES string of the molecule is CSc1nc(Cl)c2cnn(CCn3ncc4ccccc4c3=O)c2n1. The average Bonchev–Trinajstić information content (AvgIpc) is 3.05. The Hall–Kier alpha value is -2.45. The molecule has 7 nitrogen and oxygen atoms in total. The van der Waals surface area contributed by atoms with E-state index in [-0.39, 0.29) is 5.56 Å². The van der Waals surface area contributed by atoms with Crippen molar-refractivity contribution in [3.8, 4) is 0 Å². The summed E-state index contributed by atoms with van der Waals surface area (Å²) in [5.41, 5.74) is 0.533. The summed E-state index contributed by atoms with van der Waals surface area (Å²) in [6.45, 7) is 0.840. The van der Waals surface area contributed by atoms with Gasteiger partial charge in [-0.15, -0.1) is 0 Å². The van der Waals surface area contributed by atoms with Crippen LogP contribution in [0.1, 0.15) is 0 Å². The molecule has 4 rings (SSSR count). The first-order valence-electron chi connectivity index (χ1n) is 7.55. The molecule has 0 atom stereocenters. The van der Waals surface area contributed by atoms with Crippen LogP contribution >= 0.6 is 23.4 Å². The standard InChI is InChI=1S/C16H13ClN6OS/c1-25-16-20-13(17)12-9-19-22(14(12)21-16)6-7-23-15(24)11-5-3-2-4-10(11)8-18-23/h2-5,8-9H,6-7H2,1H3. The molecule has 0 aliphatic carbocycles. The lowest BCUT2D eigenvalue weighted by atomic mass is 10.2. The molecule has 0 aliphatic heterocycles. The minimum Gasteiger partial charge on any atom is -0.267 e. The summed E-state index contributed by atoms with van der Waals surface area (Å²) >= 11 is 7.59. The molecule has 0 N–H and O–H groups in total. The molecule has 3 heterocycles. The van der Waals surface area contributed by atoms with E-state index < -0.39 is 0 Å². The summed E-state index contributed by atoms with van der Waals surface area (Å²) in [5.74, 6) is 0. The number of fused-ring (bicyclic) bond motifs is 2. The van der Waals surface area contributed by atoms with Crippen molar-refractivity contribution in [3.05, 3.63) is 52.2 Å². The van der Waals surface area contributed by atoms with Gasteiger partial charge >= 0.3 is 0 Å². The predicted molar refractivity (Wildman–Crippen MR) is 98.1 cm³/mol. The van der Waals surface area contributed by atoms with E-state index in [1.165, 1.54) is 16.4 Å². The van der Waals surface area contributed by atoms with E-state index >= 15 is 0 Å². The summed E-state index contributed by atoms with van der Waals surface area (Å²) in [4.78, 5) is 21.2. The molecule has 0 fully saturated rings. The van der Waals surface area contributed by atoms with E-state index in [9.17, 15) is 4.79 Å². The Bertz CT molecular complexity index is 1140. The molecular formula is C16H13ClN6OS. The van der Waals surface area contributed by atoms with Crippen LogP contribution in [0, 0.1) is 0 Å². The lowest BCUT2D eigenvalue weighted by Gasteiger charge is -2.07. The number of nitrogens with zero attached hydrogens (tertiary/aromatic N) is 6. The third-order valence-electron chi connectivity index (χ3n) is 3.90. The first-order chi connectivity index (χ1) is 12.2. The van der Waals surface area contributed by atoms with Crippen molar-refractivity contribution < 1.29 is 0 Å². The first-order valence-corrected chi connectivity index (χ1v) is 9.15. The highest BCUT2D eigenvalue weighted by atomic mass is 35.5. The molecule has 0 amide bonds. The van der Waals surface area contributed by atoms with Gasteiger partial charge in [0.25, 0.3) is 5.56 Å². The number of halogens is 1. The smallest absolute Gasteiger partial charge is 0.267 e. The Labute approximate surface area is 151 Å². The van der Waals surface area contributed by atoms with Gasteiger partial charge < -0.3 is 0 Å². The molecule has 0 saturated heterocycles. The maximum atomic E-state index is 12.5. The van der Waals surface area contributed by atoms with E-state index in [0.29, 0.717) is 39.8 Å². The number of thioether (sulfide) groups is 1. The zero-order valence-electron chi connectivity index (χ0n) is 13.3. The average molecular weight is 373 g/mol. The fourth-order valence-corrected chi connectivity index (χ4v) is 3.26. The summed E-state index contributed by atoms with van der Waals surface area (Å²) in [6.07, 6.45) is 5.22. The Balaban J connectivity index is 1.68. The van der Waals surface area contributed by atoms with Crippen molar-refractivity contribution in [2.24, 2.45) is 0 Å². The summed E-state index contributed by atoms with van der Waals surface area (Å²) in [7, 11) is 0. The van der Waals surface area contributed by atoms with Crippen LogP contribution in [0.15, 0.2) is 46.6 Å². The van der Waals surface area contributed by atoms with Gasteiger partial charge in [-0.2, -0.15) is 10.2 Å². The second-order valence-corrected chi connectivity index (χ2v) is 6.50. The molecule has 0 bridgehead atoms. The summed E-state index contributed by atoms with van der Waals surface area (Å²) in [6, 6.07) is 7.41. The van der Waals surface area contributed by atoms with Crippen LogP contribution in [0.5, 0.6) is 0 Å². The predicted octanol–water partition coefficient (Wildman–Crippen LogP) is 2.61. The minimum absolute atomic E-state index is 0.118. The molecule has 0 aliphatic rings. The van der Waals surface area contributed by atoms with Gasteiger partial charge in [0, 0.05) is 5.39 Å². The van der Waals surface area contributed by atoms with E-state index in [4.69, 9.17) is 11.6 Å². The molecule has 4 aromatic rings. The van der Waals surface area contributed by atoms with Gasteiger partial charge in [-0.05, 0) is 12.3 Å². The second kappa shape index (κ2) is 6.45. The molecule has 1 aromatic carbocycles. The Morgan fingerprint density at radius 2 is 1.80 bits per heavy atom. The number of benzene rings is 1. The van der Waals surface area contributed by atoms with E-state index in [0.717, 1.165) is 5.39 Å². The third-order valence-corrected chi connectivity index (χ3v) is 4.73. The van der Waals surface area contributed by atoms with Crippen LogP contribution in [0.3, 0.4) is 0 Å². The van der Waals surface area contributed by atoms with Crippen LogP contribution in [-0.2, 0) is 13.1 Å². The summed E-state index contributed by atoms with van der Waals surface area (Å²) < 4.78 is 3.15. The van der Waals surface area contributed by atoms with Crippen molar-refractivity contribution in [2.75, 3.05) is 6.26 Å². The topological polar surface area (TPSA) is 78.5 Å². The highest BCUT2D eigenvalue weighted by Crippen LogP contribution is 2.23. The molecule has 9 heteroatoms. The molecule has 0 spiro atoms. The fraction of sp³-hybridized carbons (Fsp3) is 0.188. The fourth-order valence-electron chi connectivity index (χ4n) is 2.63. The third kappa shape index (κ3) is 2.87. The van der Waals surface area contributed by atoms with Gasteiger partial charge in [-0.1, -0.05) is 41.6 Å².